The monoisotopic (exact) mass is 293 g/mol. The first-order valence-corrected chi connectivity index (χ1v) is 6.97. The van der Waals surface area contributed by atoms with Gasteiger partial charge in [0, 0.05) is 23.6 Å². The molecule has 2 aromatic rings. The van der Waals surface area contributed by atoms with Gasteiger partial charge in [0.2, 0.25) is 18.2 Å². The van der Waals surface area contributed by atoms with Gasteiger partial charge in [-0.1, -0.05) is 6.07 Å². The Balaban J connectivity index is 2.07. The van der Waals surface area contributed by atoms with Gasteiger partial charge in [-0.3, -0.25) is 4.79 Å². The average Bonchev–Trinajstić information content (AvgIpc) is 2.95. The molecule has 20 heavy (non-hydrogen) atoms. The van der Waals surface area contributed by atoms with Crippen LogP contribution in [0.2, 0.25) is 0 Å². The summed E-state index contributed by atoms with van der Waals surface area (Å²) in [4.78, 5) is 11.8. The van der Waals surface area contributed by atoms with Gasteiger partial charge in [0.25, 0.3) is 0 Å². The van der Waals surface area contributed by atoms with Crippen molar-refractivity contribution in [3.8, 4) is 11.5 Å². The van der Waals surface area contributed by atoms with E-state index in [9.17, 15) is 4.79 Å². The Kier molecular flexibility index (Phi) is 5.12. The Morgan fingerprint density at radius 3 is 2.95 bits per heavy atom. The number of unbranched alkanes of at least 4 members (excludes halogenated alkanes) is 1. The number of carbonyl (C=O) groups excluding carboxylic acids is 1. The lowest BCUT2D eigenvalue weighted by atomic mass is 10.1. The Bertz CT molecular complexity index is 570. The maximum Gasteiger partial charge on any atom is 0.247 e. The molecule has 1 aromatic heterocycles. The van der Waals surface area contributed by atoms with Crippen molar-refractivity contribution >= 4 is 23.2 Å². The number of nitrogens with zero attached hydrogens (tertiary/aromatic N) is 2. The maximum absolute atomic E-state index is 11.8. The predicted octanol–water partition coefficient (Wildman–Crippen LogP) is 3.39. The Morgan fingerprint density at radius 1 is 1.40 bits per heavy atom. The predicted molar refractivity (Wildman–Crippen MR) is 77.7 cm³/mol. The second kappa shape index (κ2) is 7.05. The number of alkyl halides is 1. The SMILES string of the molecule is Cc1ccc(-c2nnco2)cc1NC(=O)CCCCCl. The van der Waals surface area contributed by atoms with Crippen LogP contribution in [0.4, 0.5) is 5.69 Å². The molecule has 0 aliphatic rings. The van der Waals surface area contributed by atoms with Crippen molar-refractivity contribution in [3.05, 3.63) is 30.2 Å². The van der Waals surface area contributed by atoms with E-state index in [1.54, 1.807) is 0 Å². The van der Waals surface area contributed by atoms with Crippen LogP contribution in [-0.4, -0.2) is 22.0 Å². The second-order valence-corrected chi connectivity index (χ2v) is 4.85. The normalized spacial score (nSPS) is 10.5. The van der Waals surface area contributed by atoms with Gasteiger partial charge in [0.15, 0.2) is 0 Å². The lowest BCUT2D eigenvalue weighted by molar-refractivity contribution is -0.116. The molecule has 0 aliphatic heterocycles. The topological polar surface area (TPSA) is 68.0 Å². The molecule has 2 rings (SSSR count). The number of hydrogen-bond acceptors (Lipinski definition) is 4. The van der Waals surface area contributed by atoms with Gasteiger partial charge >= 0.3 is 0 Å². The number of carbonyl (C=O) groups is 1. The van der Waals surface area contributed by atoms with E-state index in [0.717, 1.165) is 29.7 Å². The third-order valence-corrected chi connectivity index (χ3v) is 3.17. The van der Waals surface area contributed by atoms with Gasteiger partial charge in [-0.2, -0.15) is 0 Å². The third kappa shape index (κ3) is 3.81. The Labute approximate surface area is 122 Å². The minimum absolute atomic E-state index is 0.0131. The van der Waals surface area contributed by atoms with Gasteiger partial charge in [-0.05, 0) is 37.5 Å². The van der Waals surface area contributed by atoms with E-state index < -0.39 is 0 Å². The molecule has 0 bridgehead atoms. The highest BCUT2D eigenvalue weighted by Crippen LogP contribution is 2.24. The molecule has 0 radical (unpaired) electrons. The number of halogens is 1. The van der Waals surface area contributed by atoms with Crippen molar-refractivity contribution in [2.45, 2.75) is 26.2 Å². The fourth-order valence-corrected chi connectivity index (χ4v) is 1.97. The van der Waals surface area contributed by atoms with Gasteiger partial charge < -0.3 is 9.73 Å². The summed E-state index contributed by atoms with van der Waals surface area (Å²) >= 11 is 5.59. The van der Waals surface area contributed by atoms with Crippen LogP contribution in [0.15, 0.2) is 29.0 Å². The van der Waals surface area contributed by atoms with Gasteiger partial charge in [-0.15, -0.1) is 21.8 Å². The van der Waals surface area contributed by atoms with E-state index in [0.29, 0.717) is 18.2 Å². The molecule has 6 heteroatoms. The minimum Gasteiger partial charge on any atom is -0.423 e. The molecular weight excluding hydrogens is 278 g/mol. The number of benzene rings is 1. The second-order valence-electron chi connectivity index (χ2n) is 4.47. The smallest absolute Gasteiger partial charge is 0.247 e. The molecule has 1 N–H and O–H groups in total. The van der Waals surface area contributed by atoms with Crippen LogP contribution in [0.25, 0.3) is 11.5 Å². The standard InChI is InChI=1S/C14H16ClN3O2/c1-10-5-6-11(14-18-16-9-20-14)8-12(10)17-13(19)4-2-3-7-15/h5-6,8-9H,2-4,7H2,1H3,(H,17,19). The fourth-order valence-electron chi connectivity index (χ4n) is 1.78. The minimum atomic E-state index is -0.0131. The molecule has 5 nitrogen and oxygen atoms in total. The number of rotatable bonds is 6. The molecule has 106 valence electrons. The van der Waals surface area contributed by atoms with Gasteiger partial charge in [-0.25, -0.2) is 0 Å². The first-order chi connectivity index (χ1) is 9.70. The number of aromatic nitrogens is 2. The molecule has 0 saturated heterocycles. The highest BCUT2D eigenvalue weighted by atomic mass is 35.5. The molecule has 1 amide bonds. The number of hydrogen-bond donors (Lipinski definition) is 1. The van der Waals surface area contributed by atoms with Crippen LogP contribution in [-0.2, 0) is 4.79 Å². The largest absolute Gasteiger partial charge is 0.423 e. The zero-order valence-electron chi connectivity index (χ0n) is 11.2. The van der Waals surface area contributed by atoms with Gasteiger partial charge in [0.05, 0.1) is 0 Å². The summed E-state index contributed by atoms with van der Waals surface area (Å²) in [5, 5.41) is 10.4. The Hall–Kier alpha value is -1.88. The van der Waals surface area contributed by atoms with Crippen molar-refractivity contribution < 1.29 is 9.21 Å². The van der Waals surface area contributed by atoms with E-state index in [2.05, 4.69) is 15.5 Å². The van der Waals surface area contributed by atoms with Crippen molar-refractivity contribution in [2.24, 2.45) is 0 Å². The summed E-state index contributed by atoms with van der Waals surface area (Å²) in [7, 11) is 0. The summed E-state index contributed by atoms with van der Waals surface area (Å²) in [5.74, 6) is 1.00. The molecule has 0 unspecified atom stereocenters. The first kappa shape index (κ1) is 14.5. The zero-order valence-corrected chi connectivity index (χ0v) is 12.0. The fraction of sp³-hybridized carbons (Fsp3) is 0.357. The lowest BCUT2D eigenvalue weighted by Crippen LogP contribution is -2.12. The van der Waals surface area contributed by atoms with Crippen molar-refractivity contribution in [1.29, 1.82) is 0 Å². The first-order valence-electron chi connectivity index (χ1n) is 6.43. The van der Waals surface area contributed by atoms with Crippen LogP contribution < -0.4 is 5.32 Å². The highest BCUT2D eigenvalue weighted by Gasteiger charge is 2.09. The number of anilines is 1. The molecule has 1 aromatic carbocycles. The van der Waals surface area contributed by atoms with E-state index in [-0.39, 0.29) is 5.91 Å². The average molecular weight is 294 g/mol. The highest BCUT2D eigenvalue weighted by molar-refractivity contribution is 6.17. The lowest BCUT2D eigenvalue weighted by Gasteiger charge is -2.09. The van der Waals surface area contributed by atoms with Crippen LogP contribution in [0.1, 0.15) is 24.8 Å². The summed E-state index contributed by atoms with van der Waals surface area (Å²) in [6, 6.07) is 5.63. The Morgan fingerprint density at radius 2 is 2.25 bits per heavy atom. The summed E-state index contributed by atoms with van der Waals surface area (Å²) in [6.45, 7) is 1.94. The number of nitrogens with one attached hydrogen (secondary N) is 1. The maximum atomic E-state index is 11.8. The van der Waals surface area contributed by atoms with Crippen molar-refractivity contribution in [3.63, 3.8) is 0 Å². The molecule has 0 aliphatic carbocycles. The number of amides is 1. The third-order valence-electron chi connectivity index (χ3n) is 2.91. The van der Waals surface area contributed by atoms with Crippen LogP contribution in [0.3, 0.4) is 0 Å². The number of aryl methyl sites for hydroxylation is 1. The van der Waals surface area contributed by atoms with Crippen molar-refractivity contribution in [1.82, 2.24) is 10.2 Å². The summed E-state index contributed by atoms with van der Waals surface area (Å²) in [5.41, 5.74) is 2.53. The molecule has 0 spiro atoms. The zero-order chi connectivity index (χ0) is 14.4. The molecule has 0 saturated carbocycles. The van der Waals surface area contributed by atoms with Gasteiger partial charge in [0.1, 0.15) is 0 Å². The molecule has 0 fully saturated rings. The van der Waals surface area contributed by atoms with E-state index in [4.69, 9.17) is 16.0 Å². The van der Waals surface area contributed by atoms with Crippen molar-refractivity contribution in [2.75, 3.05) is 11.2 Å². The van der Waals surface area contributed by atoms with E-state index in [1.165, 1.54) is 6.39 Å². The summed E-state index contributed by atoms with van der Waals surface area (Å²) < 4.78 is 5.15. The van der Waals surface area contributed by atoms with E-state index >= 15 is 0 Å². The summed E-state index contributed by atoms with van der Waals surface area (Å²) in [6.07, 6.45) is 3.38. The van der Waals surface area contributed by atoms with Crippen LogP contribution in [0, 0.1) is 6.92 Å². The van der Waals surface area contributed by atoms with Crippen LogP contribution in [0.5, 0.6) is 0 Å². The van der Waals surface area contributed by atoms with E-state index in [1.807, 2.05) is 25.1 Å². The molecule has 1 heterocycles. The molecule has 0 atom stereocenters. The van der Waals surface area contributed by atoms with Crippen LogP contribution >= 0.6 is 11.6 Å². The molecular formula is C14H16ClN3O2. The quantitative estimate of drug-likeness (QED) is 0.655.